The molecule has 0 aromatic heterocycles. The third kappa shape index (κ3) is 6.57. The fourth-order valence-corrected chi connectivity index (χ4v) is 3.04. The first-order valence-electron chi connectivity index (χ1n) is 6.73. The van der Waals surface area contributed by atoms with Gasteiger partial charge in [-0.25, -0.2) is 12.8 Å². The summed E-state index contributed by atoms with van der Waals surface area (Å²) in [5.41, 5.74) is 0.143. The zero-order chi connectivity index (χ0) is 16.0. The number of carbonyl (C=O) groups excluding carboxylic acids is 1. The number of carbonyl (C=O) groups is 1. The van der Waals surface area contributed by atoms with Gasteiger partial charge in [-0.1, -0.05) is 26.8 Å². The zero-order valence-corrected chi connectivity index (χ0v) is 13.2. The summed E-state index contributed by atoms with van der Waals surface area (Å²) in [5, 5.41) is 2.69. The molecular formula is C14H21FN2O3S. The van der Waals surface area contributed by atoms with Crippen LogP contribution in [0.25, 0.3) is 0 Å². The first-order valence-corrected chi connectivity index (χ1v) is 8.38. The topological polar surface area (TPSA) is 75.3 Å². The maximum absolute atomic E-state index is 13.0. The maximum Gasteiger partial charge on any atom is 0.233 e. The summed E-state index contributed by atoms with van der Waals surface area (Å²) >= 11 is 0. The number of benzene rings is 1. The van der Waals surface area contributed by atoms with E-state index in [0.29, 0.717) is 12.5 Å². The molecule has 0 aliphatic heterocycles. The van der Waals surface area contributed by atoms with Crippen molar-refractivity contribution in [2.24, 2.45) is 11.8 Å². The van der Waals surface area contributed by atoms with Crippen molar-refractivity contribution in [2.45, 2.75) is 20.8 Å². The molecule has 5 nitrogen and oxygen atoms in total. The summed E-state index contributed by atoms with van der Waals surface area (Å²) in [6.07, 6.45) is 0. The molecule has 1 unspecified atom stereocenters. The number of hydrogen-bond acceptors (Lipinski definition) is 3. The van der Waals surface area contributed by atoms with Crippen LogP contribution in [-0.4, -0.2) is 26.6 Å². The molecule has 0 spiro atoms. The standard InChI is InChI=1S/C14H21FN2O3S/c1-10(2)8-16-14(18)11(3)9-21(19,20)17-13-6-4-5-12(15)7-13/h4-7,10-11,17H,8-9H2,1-3H3,(H,16,18). The molecule has 118 valence electrons. The number of halogens is 1. The molecule has 0 radical (unpaired) electrons. The smallest absolute Gasteiger partial charge is 0.233 e. The first kappa shape index (κ1) is 17.4. The van der Waals surface area contributed by atoms with Crippen LogP contribution in [0.1, 0.15) is 20.8 Å². The minimum atomic E-state index is -3.71. The molecule has 0 saturated heterocycles. The van der Waals surface area contributed by atoms with Gasteiger partial charge in [0, 0.05) is 6.54 Å². The Balaban J connectivity index is 2.61. The number of anilines is 1. The van der Waals surface area contributed by atoms with E-state index in [2.05, 4.69) is 10.0 Å². The Labute approximate surface area is 125 Å². The normalized spacial score (nSPS) is 13.0. The van der Waals surface area contributed by atoms with Gasteiger partial charge in [0.25, 0.3) is 0 Å². The predicted octanol–water partition coefficient (Wildman–Crippen LogP) is 1.98. The average molecular weight is 316 g/mol. The van der Waals surface area contributed by atoms with Gasteiger partial charge in [0.15, 0.2) is 0 Å². The quantitative estimate of drug-likeness (QED) is 0.807. The van der Waals surface area contributed by atoms with Gasteiger partial charge in [-0.05, 0) is 24.1 Å². The monoisotopic (exact) mass is 316 g/mol. The molecule has 0 saturated carbocycles. The van der Waals surface area contributed by atoms with Crippen molar-refractivity contribution in [1.82, 2.24) is 5.32 Å². The highest BCUT2D eigenvalue weighted by atomic mass is 32.2. The van der Waals surface area contributed by atoms with E-state index >= 15 is 0 Å². The van der Waals surface area contributed by atoms with Crippen molar-refractivity contribution in [3.8, 4) is 0 Å². The molecule has 1 amide bonds. The second kappa shape index (κ2) is 7.40. The van der Waals surface area contributed by atoms with Crippen molar-refractivity contribution in [3.63, 3.8) is 0 Å². The number of amides is 1. The van der Waals surface area contributed by atoms with Gasteiger partial charge in [-0.15, -0.1) is 0 Å². The Morgan fingerprint density at radius 3 is 2.52 bits per heavy atom. The lowest BCUT2D eigenvalue weighted by Gasteiger charge is -2.14. The van der Waals surface area contributed by atoms with Crippen LogP contribution < -0.4 is 10.0 Å². The Morgan fingerprint density at radius 1 is 1.29 bits per heavy atom. The molecule has 2 N–H and O–H groups in total. The molecule has 1 aromatic carbocycles. The molecule has 1 aromatic rings. The summed E-state index contributed by atoms with van der Waals surface area (Å²) in [6, 6.07) is 5.16. The van der Waals surface area contributed by atoms with Crippen LogP contribution in [0.3, 0.4) is 0 Å². The maximum atomic E-state index is 13.0. The molecular weight excluding hydrogens is 295 g/mol. The molecule has 0 fully saturated rings. The van der Waals surface area contributed by atoms with Crippen LogP contribution in [0, 0.1) is 17.7 Å². The summed E-state index contributed by atoms with van der Waals surface area (Å²) < 4.78 is 39.2. The summed E-state index contributed by atoms with van der Waals surface area (Å²) in [7, 11) is -3.71. The molecule has 21 heavy (non-hydrogen) atoms. The fraction of sp³-hybridized carbons (Fsp3) is 0.500. The summed E-state index contributed by atoms with van der Waals surface area (Å²) in [5.74, 6) is -1.59. The number of rotatable bonds is 7. The lowest BCUT2D eigenvalue weighted by Crippen LogP contribution is -2.36. The number of hydrogen-bond donors (Lipinski definition) is 2. The zero-order valence-electron chi connectivity index (χ0n) is 12.4. The Kier molecular flexibility index (Phi) is 6.14. The highest BCUT2D eigenvalue weighted by Crippen LogP contribution is 2.12. The van der Waals surface area contributed by atoms with Crippen LogP contribution in [0.15, 0.2) is 24.3 Å². The van der Waals surface area contributed by atoms with Crippen LogP contribution in [0.4, 0.5) is 10.1 Å². The lowest BCUT2D eigenvalue weighted by atomic mass is 10.2. The molecule has 0 aliphatic carbocycles. The van der Waals surface area contributed by atoms with Gasteiger partial charge >= 0.3 is 0 Å². The van der Waals surface area contributed by atoms with Crippen LogP contribution in [-0.2, 0) is 14.8 Å². The third-order valence-corrected chi connectivity index (χ3v) is 4.19. The van der Waals surface area contributed by atoms with E-state index in [1.54, 1.807) is 6.92 Å². The Bertz CT molecular complexity index is 588. The summed E-state index contributed by atoms with van der Waals surface area (Å²) in [4.78, 5) is 11.8. The van der Waals surface area contributed by atoms with E-state index in [0.717, 1.165) is 6.07 Å². The van der Waals surface area contributed by atoms with Crippen LogP contribution in [0.2, 0.25) is 0 Å². The highest BCUT2D eigenvalue weighted by Gasteiger charge is 2.21. The van der Waals surface area contributed by atoms with Crippen LogP contribution >= 0.6 is 0 Å². The molecule has 1 rings (SSSR count). The number of nitrogens with one attached hydrogen (secondary N) is 2. The summed E-state index contributed by atoms with van der Waals surface area (Å²) in [6.45, 7) is 5.95. The molecule has 7 heteroatoms. The van der Waals surface area contributed by atoms with Gasteiger partial charge in [0.1, 0.15) is 5.82 Å². The van der Waals surface area contributed by atoms with Crippen molar-refractivity contribution in [3.05, 3.63) is 30.1 Å². The molecule has 0 bridgehead atoms. The van der Waals surface area contributed by atoms with E-state index in [4.69, 9.17) is 0 Å². The van der Waals surface area contributed by atoms with Gasteiger partial charge in [-0.3, -0.25) is 9.52 Å². The third-order valence-electron chi connectivity index (χ3n) is 2.70. The van der Waals surface area contributed by atoms with Gasteiger partial charge in [-0.2, -0.15) is 0 Å². The Hall–Kier alpha value is -1.63. The van der Waals surface area contributed by atoms with Gasteiger partial charge < -0.3 is 5.32 Å². The van der Waals surface area contributed by atoms with E-state index in [1.807, 2.05) is 13.8 Å². The minimum absolute atomic E-state index is 0.143. The van der Waals surface area contributed by atoms with E-state index in [9.17, 15) is 17.6 Å². The van der Waals surface area contributed by atoms with Crippen LogP contribution in [0.5, 0.6) is 0 Å². The van der Waals surface area contributed by atoms with Crippen molar-refractivity contribution >= 4 is 21.6 Å². The molecule has 0 heterocycles. The highest BCUT2D eigenvalue weighted by molar-refractivity contribution is 7.92. The minimum Gasteiger partial charge on any atom is -0.356 e. The van der Waals surface area contributed by atoms with E-state index in [-0.39, 0.29) is 17.3 Å². The van der Waals surface area contributed by atoms with Gasteiger partial charge in [0.05, 0.1) is 17.4 Å². The number of sulfonamides is 1. The van der Waals surface area contributed by atoms with Crippen molar-refractivity contribution in [2.75, 3.05) is 17.0 Å². The van der Waals surface area contributed by atoms with Crippen molar-refractivity contribution in [1.29, 1.82) is 0 Å². The molecule has 0 aliphatic rings. The van der Waals surface area contributed by atoms with Crippen molar-refractivity contribution < 1.29 is 17.6 Å². The van der Waals surface area contributed by atoms with Gasteiger partial charge in [0.2, 0.25) is 15.9 Å². The predicted molar refractivity (Wildman–Crippen MR) is 80.8 cm³/mol. The second-order valence-electron chi connectivity index (χ2n) is 5.43. The fourth-order valence-electron chi connectivity index (χ4n) is 1.66. The average Bonchev–Trinajstić information content (AvgIpc) is 2.34. The molecule has 1 atom stereocenters. The largest absolute Gasteiger partial charge is 0.356 e. The second-order valence-corrected chi connectivity index (χ2v) is 7.20. The van der Waals surface area contributed by atoms with E-state index < -0.39 is 21.8 Å². The van der Waals surface area contributed by atoms with E-state index in [1.165, 1.54) is 18.2 Å². The first-order chi connectivity index (χ1) is 9.69. The lowest BCUT2D eigenvalue weighted by molar-refractivity contribution is -0.124. The Morgan fingerprint density at radius 2 is 1.95 bits per heavy atom. The SMILES string of the molecule is CC(C)CNC(=O)C(C)CS(=O)(=O)Nc1cccc(F)c1.